The van der Waals surface area contributed by atoms with Crippen LogP contribution in [0, 0.1) is 5.82 Å². The van der Waals surface area contributed by atoms with Crippen LogP contribution >= 0.6 is 0 Å². The molecule has 1 aromatic heterocycles. The lowest BCUT2D eigenvalue weighted by atomic mass is 10.1. The number of fused-ring (bicyclic) bond motifs is 1. The highest BCUT2D eigenvalue weighted by Gasteiger charge is 2.25. The van der Waals surface area contributed by atoms with Crippen LogP contribution in [0.1, 0.15) is 24.2 Å². The highest BCUT2D eigenvalue weighted by molar-refractivity contribution is 6.00. The minimum Gasteiger partial charge on any atom is -0.422 e. The molecule has 1 N–H and O–H groups in total. The Bertz CT molecular complexity index is 1070. The number of rotatable bonds is 5. The van der Waals surface area contributed by atoms with Gasteiger partial charge in [0, 0.05) is 17.1 Å². The second-order valence-electron chi connectivity index (χ2n) is 6.57. The maximum atomic E-state index is 13.0. The van der Waals surface area contributed by atoms with Gasteiger partial charge in [-0.05, 0) is 50.2 Å². The van der Waals surface area contributed by atoms with Crippen LogP contribution < -0.4 is 10.9 Å². The topological polar surface area (TPSA) is 79.6 Å². The number of carbonyl (C=O) groups is 2. The van der Waals surface area contributed by atoms with Gasteiger partial charge in [-0.2, -0.15) is 0 Å². The number of nitrogens with zero attached hydrogens (tertiary/aromatic N) is 1. The van der Waals surface area contributed by atoms with Crippen molar-refractivity contribution in [3.8, 4) is 0 Å². The number of hydrogen-bond donors (Lipinski definition) is 1. The van der Waals surface area contributed by atoms with Crippen molar-refractivity contribution >= 4 is 28.5 Å². The molecule has 7 heteroatoms. The number of benzene rings is 2. The lowest BCUT2D eigenvalue weighted by molar-refractivity contribution is -0.117. The summed E-state index contributed by atoms with van der Waals surface area (Å²) in [5, 5.41) is 3.22. The molecule has 3 rings (SSSR count). The van der Waals surface area contributed by atoms with Crippen molar-refractivity contribution in [3.63, 3.8) is 0 Å². The Balaban J connectivity index is 1.82. The van der Waals surface area contributed by atoms with Gasteiger partial charge in [0.25, 0.3) is 5.91 Å². The van der Waals surface area contributed by atoms with E-state index in [4.69, 9.17) is 4.42 Å². The monoisotopic (exact) mass is 382 g/mol. The van der Waals surface area contributed by atoms with Crippen molar-refractivity contribution in [1.29, 1.82) is 0 Å². The molecule has 0 aliphatic carbocycles. The van der Waals surface area contributed by atoms with Crippen LogP contribution in [-0.4, -0.2) is 29.3 Å². The summed E-state index contributed by atoms with van der Waals surface area (Å²) in [6.45, 7) is 3.22. The number of carbonyl (C=O) groups excluding carboxylic acids is 2. The third-order valence-electron chi connectivity index (χ3n) is 4.20. The molecule has 1 heterocycles. The molecule has 2 amide bonds. The zero-order valence-corrected chi connectivity index (χ0v) is 15.4. The van der Waals surface area contributed by atoms with Gasteiger partial charge >= 0.3 is 5.63 Å². The molecule has 0 spiro atoms. The predicted molar refractivity (Wildman–Crippen MR) is 104 cm³/mol. The summed E-state index contributed by atoms with van der Waals surface area (Å²) >= 11 is 0. The third-order valence-corrected chi connectivity index (χ3v) is 4.20. The van der Waals surface area contributed by atoms with Crippen molar-refractivity contribution in [2.75, 3.05) is 11.9 Å². The molecular formula is C21H19FN2O4. The number of amides is 2. The van der Waals surface area contributed by atoms with Crippen LogP contribution in [-0.2, 0) is 4.79 Å². The molecule has 0 aliphatic rings. The van der Waals surface area contributed by atoms with Gasteiger partial charge in [0.2, 0.25) is 5.91 Å². The summed E-state index contributed by atoms with van der Waals surface area (Å²) in [6, 6.07) is 13.3. The molecule has 0 atom stereocenters. The molecule has 2 aromatic carbocycles. The van der Waals surface area contributed by atoms with E-state index in [2.05, 4.69) is 5.32 Å². The molecule has 0 radical (unpaired) electrons. The van der Waals surface area contributed by atoms with E-state index in [1.165, 1.54) is 35.2 Å². The molecule has 0 unspecified atom stereocenters. The molecule has 28 heavy (non-hydrogen) atoms. The predicted octanol–water partition coefficient (Wildman–Crippen LogP) is 3.42. The second-order valence-corrected chi connectivity index (χ2v) is 6.57. The maximum Gasteiger partial charge on any atom is 0.349 e. The molecule has 0 aliphatic heterocycles. The molecule has 0 saturated carbocycles. The first kappa shape index (κ1) is 19.3. The molecule has 0 saturated heterocycles. The third kappa shape index (κ3) is 4.25. The number of para-hydroxylation sites is 1. The average molecular weight is 382 g/mol. The van der Waals surface area contributed by atoms with E-state index in [1.807, 2.05) is 0 Å². The molecule has 0 fully saturated rings. The van der Waals surface area contributed by atoms with E-state index < -0.39 is 23.3 Å². The van der Waals surface area contributed by atoms with E-state index in [-0.39, 0.29) is 18.2 Å². The quantitative estimate of drug-likeness (QED) is 0.686. The fourth-order valence-electron chi connectivity index (χ4n) is 2.74. The number of anilines is 1. The Morgan fingerprint density at radius 2 is 1.79 bits per heavy atom. The smallest absolute Gasteiger partial charge is 0.349 e. The molecule has 3 aromatic rings. The first-order valence-corrected chi connectivity index (χ1v) is 8.74. The number of halogens is 1. The van der Waals surface area contributed by atoms with Crippen LogP contribution in [0.5, 0.6) is 0 Å². The van der Waals surface area contributed by atoms with Crippen molar-refractivity contribution in [2.24, 2.45) is 0 Å². The average Bonchev–Trinajstić information content (AvgIpc) is 2.66. The largest absolute Gasteiger partial charge is 0.422 e. The van der Waals surface area contributed by atoms with Crippen LogP contribution in [0.25, 0.3) is 11.0 Å². The van der Waals surface area contributed by atoms with Gasteiger partial charge in [0.1, 0.15) is 23.5 Å². The lowest BCUT2D eigenvalue weighted by Gasteiger charge is -2.25. The number of nitrogens with one attached hydrogen (secondary N) is 1. The first-order chi connectivity index (χ1) is 13.3. The molecule has 0 bridgehead atoms. The van der Waals surface area contributed by atoms with E-state index in [0.29, 0.717) is 16.7 Å². The van der Waals surface area contributed by atoms with Crippen molar-refractivity contribution in [3.05, 3.63) is 76.4 Å². The fraction of sp³-hybridized carbons (Fsp3) is 0.190. The lowest BCUT2D eigenvalue weighted by Crippen LogP contribution is -2.43. The summed E-state index contributed by atoms with van der Waals surface area (Å²) in [7, 11) is 0. The minimum atomic E-state index is -0.756. The van der Waals surface area contributed by atoms with Gasteiger partial charge in [-0.15, -0.1) is 0 Å². The zero-order valence-electron chi connectivity index (χ0n) is 15.4. The summed E-state index contributed by atoms with van der Waals surface area (Å²) in [4.78, 5) is 38.8. The van der Waals surface area contributed by atoms with Gasteiger partial charge < -0.3 is 14.6 Å². The van der Waals surface area contributed by atoms with Crippen LogP contribution in [0.2, 0.25) is 0 Å². The SMILES string of the molecule is CC(C)N(CC(=O)Nc1ccc(F)cc1)C(=O)c1cc2ccccc2oc1=O. The highest BCUT2D eigenvalue weighted by atomic mass is 19.1. The Kier molecular flexibility index (Phi) is 5.54. The fourth-order valence-corrected chi connectivity index (χ4v) is 2.74. The van der Waals surface area contributed by atoms with Crippen LogP contribution in [0.3, 0.4) is 0 Å². The maximum absolute atomic E-state index is 13.0. The summed E-state index contributed by atoms with van der Waals surface area (Å²) in [6.07, 6.45) is 0. The minimum absolute atomic E-state index is 0.137. The molecular weight excluding hydrogens is 363 g/mol. The Labute approximate surface area is 160 Å². The van der Waals surface area contributed by atoms with E-state index in [9.17, 15) is 18.8 Å². The van der Waals surface area contributed by atoms with E-state index in [0.717, 1.165) is 0 Å². The second kappa shape index (κ2) is 8.04. The Morgan fingerprint density at radius 1 is 1.11 bits per heavy atom. The van der Waals surface area contributed by atoms with Crippen molar-refractivity contribution in [2.45, 2.75) is 19.9 Å². The zero-order chi connectivity index (χ0) is 20.3. The normalized spacial score (nSPS) is 10.9. The van der Waals surface area contributed by atoms with E-state index in [1.54, 1.807) is 38.1 Å². The standard InChI is InChI=1S/C21H19FN2O4/c1-13(2)24(12-19(25)23-16-9-7-15(22)8-10-16)20(26)17-11-14-5-3-4-6-18(14)28-21(17)27/h3-11,13H,12H2,1-2H3,(H,23,25). The Morgan fingerprint density at radius 3 is 2.46 bits per heavy atom. The summed E-state index contributed by atoms with van der Waals surface area (Å²) in [5.41, 5.74) is -0.0998. The summed E-state index contributed by atoms with van der Waals surface area (Å²) < 4.78 is 18.2. The van der Waals surface area contributed by atoms with Gasteiger partial charge in [-0.1, -0.05) is 18.2 Å². The van der Waals surface area contributed by atoms with Crippen molar-refractivity contribution < 1.29 is 18.4 Å². The van der Waals surface area contributed by atoms with Gasteiger partial charge in [-0.25, -0.2) is 9.18 Å². The van der Waals surface area contributed by atoms with Crippen LogP contribution in [0.4, 0.5) is 10.1 Å². The van der Waals surface area contributed by atoms with E-state index >= 15 is 0 Å². The van der Waals surface area contributed by atoms with Gasteiger partial charge in [0.05, 0.1) is 0 Å². The van der Waals surface area contributed by atoms with Crippen molar-refractivity contribution in [1.82, 2.24) is 4.90 Å². The Hall–Kier alpha value is -3.48. The number of hydrogen-bond acceptors (Lipinski definition) is 4. The summed E-state index contributed by atoms with van der Waals surface area (Å²) in [5.74, 6) is -1.47. The molecule has 144 valence electrons. The first-order valence-electron chi connectivity index (χ1n) is 8.74. The highest BCUT2D eigenvalue weighted by Crippen LogP contribution is 2.15. The van der Waals surface area contributed by atoms with Gasteiger partial charge in [-0.3, -0.25) is 9.59 Å². The van der Waals surface area contributed by atoms with Crippen LogP contribution in [0.15, 0.2) is 63.8 Å². The molecule has 6 nitrogen and oxygen atoms in total. The van der Waals surface area contributed by atoms with Gasteiger partial charge in [0.15, 0.2) is 0 Å².